The monoisotopic (exact) mass is 251 g/mol. The quantitative estimate of drug-likeness (QED) is 0.523. The van der Waals surface area contributed by atoms with E-state index >= 15 is 0 Å². The molecule has 0 heterocycles. The first-order valence-corrected chi connectivity index (χ1v) is 6.09. The van der Waals surface area contributed by atoms with Crippen LogP contribution >= 0.6 is 0 Å². The molecule has 0 atom stereocenters. The highest BCUT2D eigenvalue weighted by atomic mass is 19.1. The van der Waals surface area contributed by atoms with Crippen molar-refractivity contribution in [3.05, 3.63) is 35.1 Å². The van der Waals surface area contributed by atoms with E-state index in [0.29, 0.717) is 24.7 Å². The van der Waals surface area contributed by atoms with Gasteiger partial charge in [-0.25, -0.2) is 4.39 Å². The Balaban J connectivity index is 2.13. The predicted octanol–water partition coefficient (Wildman–Crippen LogP) is 1.07. The van der Waals surface area contributed by atoms with Crippen molar-refractivity contribution in [1.29, 1.82) is 5.41 Å². The zero-order valence-electron chi connectivity index (χ0n) is 10.2. The number of benzene rings is 1. The average molecular weight is 251 g/mol. The number of amidine groups is 1. The zero-order valence-corrected chi connectivity index (χ0v) is 10.2. The number of rotatable bonds is 6. The van der Waals surface area contributed by atoms with Gasteiger partial charge in [-0.05, 0) is 36.6 Å². The second kappa shape index (κ2) is 5.46. The first-order chi connectivity index (χ1) is 8.60. The van der Waals surface area contributed by atoms with Crippen LogP contribution < -0.4 is 5.73 Å². The third-order valence-electron chi connectivity index (χ3n) is 3.10. The summed E-state index contributed by atoms with van der Waals surface area (Å²) in [5.41, 5.74) is 6.58. The Morgan fingerprint density at radius 2 is 2.17 bits per heavy atom. The highest BCUT2D eigenvalue weighted by molar-refractivity contribution is 5.95. The number of halogens is 1. The first kappa shape index (κ1) is 13.0. The van der Waals surface area contributed by atoms with Crippen LogP contribution in [0.15, 0.2) is 18.2 Å². The van der Waals surface area contributed by atoms with Crippen LogP contribution in [0.5, 0.6) is 0 Å². The topological polar surface area (TPSA) is 73.3 Å². The van der Waals surface area contributed by atoms with Gasteiger partial charge in [-0.3, -0.25) is 10.3 Å². The van der Waals surface area contributed by atoms with Gasteiger partial charge in [0.1, 0.15) is 11.7 Å². The van der Waals surface area contributed by atoms with Crippen molar-refractivity contribution in [2.45, 2.75) is 25.4 Å². The molecule has 0 amide bonds. The van der Waals surface area contributed by atoms with Crippen molar-refractivity contribution in [1.82, 2.24) is 4.90 Å². The molecule has 1 aromatic rings. The molecule has 0 aromatic heterocycles. The number of aliphatic hydroxyl groups is 1. The van der Waals surface area contributed by atoms with Crippen molar-refractivity contribution in [2.24, 2.45) is 5.73 Å². The van der Waals surface area contributed by atoms with Gasteiger partial charge in [-0.2, -0.15) is 0 Å². The van der Waals surface area contributed by atoms with Crippen LogP contribution in [0.25, 0.3) is 0 Å². The minimum Gasteiger partial charge on any atom is -0.395 e. The van der Waals surface area contributed by atoms with Gasteiger partial charge in [0.25, 0.3) is 0 Å². The van der Waals surface area contributed by atoms with Crippen LogP contribution in [0.2, 0.25) is 0 Å². The summed E-state index contributed by atoms with van der Waals surface area (Å²) in [5.74, 6) is -0.506. The molecule has 0 bridgehead atoms. The standard InChI is InChI=1S/C13H18FN3O/c14-11-6-9(5-10(7-11)13(15)16)8-17(3-4-18)12-1-2-12/h5-7,12,18H,1-4,8H2,(H3,15,16). The van der Waals surface area contributed by atoms with E-state index in [0.717, 1.165) is 18.4 Å². The van der Waals surface area contributed by atoms with Crippen molar-refractivity contribution in [2.75, 3.05) is 13.2 Å². The molecule has 2 rings (SSSR count). The van der Waals surface area contributed by atoms with Gasteiger partial charge in [0.05, 0.1) is 6.61 Å². The molecule has 4 nitrogen and oxygen atoms in total. The second-order valence-corrected chi connectivity index (χ2v) is 4.69. The van der Waals surface area contributed by atoms with E-state index in [-0.39, 0.29) is 18.3 Å². The van der Waals surface area contributed by atoms with E-state index in [2.05, 4.69) is 4.90 Å². The van der Waals surface area contributed by atoms with E-state index in [4.69, 9.17) is 16.2 Å². The summed E-state index contributed by atoms with van der Waals surface area (Å²) < 4.78 is 13.4. The lowest BCUT2D eigenvalue weighted by molar-refractivity contribution is 0.183. The minimum absolute atomic E-state index is 0.103. The van der Waals surface area contributed by atoms with Crippen LogP contribution in [0.4, 0.5) is 4.39 Å². The van der Waals surface area contributed by atoms with E-state index in [1.807, 2.05) is 0 Å². The number of nitrogen functional groups attached to an aromatic ring is 1. The fourth-order valence-corrected chi connectivity index (χ4v) is 2.09. The molecule has 0 saturated heterocycles. The van der Waals surface area contributed by atoms with Gasteiger partial charge in [0, 0.05) is 24.7 Å². The highest BCUT2D eigenvalue weighted by Gasteiger charge is 2.28. The molecule has 0 aliphatic heterocycles. The van der Waals surface area contributed by atoms with Crippen molar-refractivity contribution >= 4 is 5.84 Å². The number of hydrogen-bond acceptors (Lipinski definition) is 3. The molecular formula is C13H18FN3O. The lowest BCUT2D eigenvalue weighted by atomic mass is 10.1. The SMILES string of the molecule is N=C(N)c1cc(F)cc(CN(CCO)C2CC2)c1. The number of hydrogen-bond donors (Lipinski definition) is 3. The van der Waals surface area contributed by atoms with E-state index in [1.165, 1.54) is 12.1 Å². The van der Waals surface area contributed by atoms with Crippen molar-refractivity contribution in [3.8, 4) is 0 Å². The number of nitrogens with one attached hydrogen (secondary N) is 1. The van der Waals surface area contributed by atoms with Gasteiger partial charge in [0.15, 0.2) is 0 Å². The third-order valence-corrected chi connectivity index (χ3v) is 3.10. The lowest BCUT2D eigenvalue weighted by Gasteiger charge is -2.21. The van der Waals surface area contributed by atoms with E-state index in [1.54, 1.807) is 6.07 Å². The maximum Gasteiger partial charge on any atom is 0.124 e. The minimum atomic E-state index is -0.377. The Morgan fingerprint density at radius 3 is 2.72 bits per heavy atom. The molecule has 1 aromatic carbocycles. The Morgan fingerprint density at radius 1 is 1.44 bits per heavy atom. The largest absolute Gasteiger partial charge is 0.395 e. The van der Waals surface area contributed by atoms with E-state index < -0.39 is 0 Å². The Hall–Kier alpha value is -1.46. The molecule has 1 saturated carbocycles. The van der Waals surface area contributed by atoms with Crippen LogP contribution in [0, 0.1) is 11.2 Å². The maximum atomic E-state index is 13.4. The first-order valence-electron chi connectivity index (χ1n) is 6.09. The normalized spacial score (nSPS) is 15.1. The summed E-state index contributed by atoms with van der Waals surface area (Å²) in [6, 6.07) is 4.96. The summed E-state index contributed by atoms with van der Waals surface area (Å²) in [5, 5.41) is 16.4. The molecule has 0 unspecified atom stereocenters. The van der Waals surface area contributed by atoms with Crippen LogP contribution in [0.1, 0.15) is 24.0 Å². The Bertz CT molecular complexity index is 446. The van der Waals surface area contributed by atoms with Crippen LogP contribution in [-0.4, -0.2) is 35.0 Å². The second-order valence-electron chi connectivity index (χ2n) is 4.69. The molecule has 0 radical (unpaired) electrons. The number of nitrogens with two attached hydrogens (primary N) is 1. The summed E-state index contributed by atoms with van der Waals surface area (Å²) in [6.07, 6.45) is 2.27. The Kier molecular flexibility index (Phi) is 3.93. The average Bonchev–Trinajstić information content (AvgIpc) is 3.11. The molecule has 5 heteroatoms. The molecule has 0 spiro atoms. The fraction of sp³-hybridized carbons (Fsp3) is 0.462. The smallest absolute Gasteiger partial charge is 0.124 e. The molecule has 1 aliphatic carbocycles. The molecule has 1 aliphatic rings. The summed E-state index contributed by atoms with van der Waals surface area (Å²) in [4.78, 5) is 2.14. The van der Waals surface area contributed by atoms with Gasteiger partial charge < -0.3 is 10.8 Å². The fourth-order valence-electron chi connectivity index (χ4n) is 2.09. The third kappa shape index (κ3) is 3.27. The zero-order chi connectivity index (χ0) is 13.1. The van der Waals surface area contributed by atoms with Gasteiger partial charge in [-0.1, -0.05) is 0 Å². The molecule has 18 heavy (non-hydrogen) atoms. The van der Waals surface area contributed by atoms with Crippen molar-refractivity contribution < 1.29 is 9.50 Å². The van der Waals surface area contributed by atoms with Crippen LogP contribution in [-0.2, 0) is 6.54 Å². The summed E-state index contributed by atoms with van der Waals surface area (Å²) in [7, 11) is 0. The summed E-state index contributed by atoms with van der Waals surface area (Å²) >= 11 is 0. The van der Waals surface area contributed by atoms with E-state index in [9.17, 15) is 4.39 Å². The number of aliphatic hydroxyl groups excluding tert-OH is 1. The van der Waals surface area contributed by atoms with Crippen molar-refractivity contribution in [3.63, 3.8) is 0 Å². The summed E-state index contributed by atoms with van der Waals surface area (Å²) in [6.45, 7) is 1.28. The molecule has 98 valence electrons. The van der Waals surface area contributed by atoms with Gasteiger partial charge >= 0.3 is 0 Å². The number of nitrogens with zero attached hydrogens (tertiary/aromatic N) is 1. The lowest BCUT2D eigenvalue weighted by Crippen LogP contribution is -2.28. The van der Waals surface area contributed by atoms with Crippen LogP contribution in [0.3, 0.4) is 0 Å². The van der Waals surface area contributed by atoms with Gasteiger partial charge in [0.2, 0.25) is 0 Å². The Labute approximate surface area is 106 Å². The maximum absolute atomic E-state index is 13.4. The molecule has 4 N–H and O–H groups in total. The van der Waals surface area contributed by atoms with Gasteiger partial charge in [-0.15, -0.1) is 0 Å². The highest BCUT2D eigenvalue weighted by Crippen LogP contribution is 2.28. The molecule has 1 fully saturated rings. The predicted molar refractivity (Wildman–Crippen MR) is 67.9 cm³/mol. The molecular weight excluding hydrogens is 233 g/mol.